The van der Waals surface area contributed by atoms with Crippen molar-refractivity contribution in [3.63, 3.8) is 0 Å². The van der Waals surface area contributed by atoms with E-state index < -0.39 is 0 Å². The van der Waals surface area contributed by atoms with Crippen molar-refractivity contribution in [3.8, 4) is 11.5 Å². The molecule has 5 nitrogen and oxygen atoms in total. The quantitative estimate of drug-likeness (QED) is 0.813. The van der Waals surface area contributed by atoms with E-state index in [2.05, 4.69) is 15.5 Å². The van der Waals surface area contributed by atoms with E-state index >= 15 is 0 Å². The van der Waals surface area contributed by atoms with Crippen LogP contribution in [0.5, 0.6) is 0 Å². The van der Waals surface area contributed by atoms with Gasteiger partial charge in [0, 0.05) is 31.1 Å². The third-order valence-corrected chi connectivity index (χ3v) is 3.37. The molecule has 0 aromatic carbocycles. The Morgan fingerprint density at radius 2 is 2.28 bits per heavy atom. The predicted molar refractivity (Wildman–Crippen MR) is 70.7 cm³/mol. The summed E-state index contributed by atoms with van der Waals surface area (Å²) < 4.78 is 10.3. The van der Waals surface area contributed by atoms with Crippen LogP contribution in [0.3, 0.4) is 0 Å². The van der Waals surface area contributed by atoms with Crippen LogP contribution in [0, 0.1) is 13.8 Å². The zero-order valence-corrected chi connectivity index (χ0v) is 11.6. The lowest BCUT2D eigenvalue weighted by atomic mass is 10.2. The van der Waals surface area contributed by atoms with Crippen molar-refractivity contribution in [2.24, 2.45) is 0 Å². The van der Waals surface area contributed by atoms with Crippen LogP contribution in [0.4, 0.5) is 0 Å². The summed E-state index contributed by atoms with van der Waals surface area (Å²) in [5, 5.41) is 8.29. The molecule has 0 radical (unpaired) electrons. The van der Waals surface area contributed by atoms with E-state index in [0.717, 1.165) is 33.6 Å². The molecule has 0 unspecified atom stereocenters. The Labute approximate surface area is 110 Å². The molecule has 2 aromatic rings. The number of thiazole rings is 1. The molecular formula is C12H17N3O2S. The summed E-state index contributed by atoms with van der Waals surface area (Å²) in [7, 11) is 1.68. The second-order valence-electron chi connectivity index (χ2n) is 3.99. The van der Waals surface area contributed by atoms with E-state index in [1.807, 2.05) is 19.9 Å². The summed E-state index contributed by atoms with van der Waals surface area (Å²) in [6.07, 6.45) is 0. The minimum atomic E-state index is 0.676. The van der Waals surface area contributed by atoms with E-state index in [0.29, 0.717) is 13.2 Å². The van der Waals surface area contributed by atoms with Crippen molar-refractivity contribution in [1.82, 2.24) is 15.5 Å². The number of methoxy groups -OCH3 is 1. The highest BCUT2D eigenvalue weighted by atomic mass is 32.1. The van der Waals surface area contributed by atoms with Gasteiger partial charge in [-0.05, 0) is 13.8 Å². The Bertz CT molecular complexity index is 507. The summed E-state index contributed by atoms with van der Waals surface area (Å²) in [6.45, 7) is 6.20. The summed E-state index contributed by atoms with van der Waals surface area (Å²) in [5.74, 6) is 0.736. The summed E-state index contributed by atoms with van der Waals surface area (Å²) in [4.78, 5) is 5.60. The number of aryl methyl sites for hydroxylation is 2. The van der Waals surface area contributed by atoms with Gasteiger partial charge in [0.15, 0.2) is 5.76 Å². The van der Waals surface area contributed by atoms with Gasteiger partial charge in [0.05, 0.1) is 17.3 Å². The molecular weight excluding hydrogens is 250 g/mol. The van der Waals surface area contributed by atoms with Gasteiger partial charge < -0.3 is 14.6 Å². The molecule has 2 heterocycles. The lowest BCUT2D eigenvalue weighted by Crippen LogP contribution is -2.18. The minimum absolute atomic E-state index is 0.676. The van der Waals surface area contributed by atoms with Crippen LogP contribution < -0.4 is 5.32 Å². The molecule has 0 saturated heterocycles. The number of rotatable bonds is 6. The van der Waals surface area contributed by atoms with Gasteiger partial charge in [0.2, 0.25) is 0 Å². The van der Waals surface area contributed by atoms with E-state index in [4.69, 9.17) is 9.26 Å². The number of nitrogens with one attached hydrogen (secondary N) is 1. The molecule has 0 aliphatic rings. The molecule has 0 fully saturated rings. The third kappa shape index (κ3) is 3.16. The predicted octanol–water partition coefficient (Wildman–Crippen LogP) is 2.15. The topological polar surface area (TPSA) is 60.2 Å². The van der Waals surface area contributed by atoms with E-state index in [1.54, 1.807) is 18.4 Å². The summed E-state index contributed by atoms with van der Waals surface area (Å²) in [6, 6.07) is 1.93. The van der Waals surface area contributed by atoms with Gasteiger partial charge in [0.25, 0.3) is 0 Å². The van der Waals surface area contributed by atoms with Crippen molar-refractivity contribution < 1.29 is 9.26 Å². The molecule has 1 N–H and O–H groups in total. The zero-order chi connectivity index (χ0) is 13.0. The van der Waals surface area contributed by atoms with Crippen LogP contribution in [0.2, 0.25) is 0 Å². The highest BCUT2D eigenvalue weighted by Gasteiger charge is 2.13. The lowest BCUT2D eigenvalue weighted by Gasteiger charge is -1.99. The third-order valence-electron chi connectivity index (χ3n) is 2.48. The minimum Gasteiger partial charge on any atom is -0.383 e. The molecule has 98 valence electrons. The first-order chi connectivity index (χ1) is 8.70. The zero-order valence-electron chi connectivity index (χ0n) is 10.8. The Morgan fingerprint density at radius 3 is 2.94 bits per heavy atom. The highest BCUT2D eigenvalue weighted by molar-refractivity contribution is 7.11. The normalized spacial score (nSPS) is 11.1. The van der Waals surface area contributed by atoms with Crippen LogP contribution in [0.1, 0.15) is 15.6 Å². The Kier molecular flexibility index (Phi) is 4.46. The fourth-order valence-electron chi connectivity index (χ4n) is 1.65. The van der Waals surface area contributed by atoms with Gasteiger partial charge in [-0.25, -0.2) is 4.98 Å². The first kappa shape index (κ1) is 13.2. The Morgan fingerprint density at radius 1 is 1.44 bits per heavy atom. The molecule has 0 bridgehead atoms. The van der Waals surface area contributed by atoms with E-state index in [1.165, 1.54) is 0 Å². The van der Waals surface area contributed by atoms with Gasteiger partial charge in [-0.15, -0.1) is 11.3 Å². The van der Waals surface area contributed by atoms with Crippen molar-refractivity contribution in [1.29, 1.82) is 0 Å². The molecule has 2 aromatic heterocycles. The molecule has 0 aliphatic carbocycles. The van der Waals surface area contributed by atoms with Gasteiger partial charge in [-0.2, -0.15) is 0 Å². The fraction of sp³-hybridized carbons (Fsp3) is 0.500. The smallest absolute Gasteiger partial charge is 0.186 e. The molecule has 0 spiro atoms. The van der Waals surface area contributed by atoms with Crippen LogP contribution in [-0.2, 0) is 11.3 Å². The van der Waals surface area contributed by atoms with Crippen molar-refractivity contribution in [3.05, 3.63) is 21.6 Å². The summed E-state index contributed by atoms with van der Waals surface area (Å²) >= 11 is 1.67. The van der Waals surface area contributed by atoms with Crippen molar-refractivity contribution in [2.75, 3.05) is 20.3 Å². The van der Waals surface area contributed by atoms with Crippen LogP contribution >= 0.6 is 11.3 Å². The highest BCUT2D eigenvalue weighted by Crippen LogP contribution is 2.27. The van der Waals surface area contributed by atoms with E-state index in [9.17, 15) is 0 Å². The van der Waals surface area contributed by atoms with Gasteiger partial charge in [-0.3, -0.25) is 0 Å². The first-order valence-electron chi connectivity index (χ1n) is 5.80. The molecule has 0 saturated carbocycles. The number of nitrogens with zero attached hydrogens (tertiary/aromatic N) is 2. The monoisotopic (exact) mass is 267 g/mol. The largest absolute Gasteiger partial charge is 0.383 e. The number of ether oxygens (including phenoxy) is 1. The molecule has 0 atom stereocenters. The second-order valence-corrected chi connectivity index (χ2v) is 5.40. The average Bonchev–Trinajstić information content (AvgIpc) is 2.91. The van der Waals surface area contributed by atoms with Crippen LogP contribution in [0.15, 0.2) is 10.6 Å². The molecule has 18 heavy (non-hydrogen) atoms. The Balaban J connectivity index is 1.99. The molecule has 6 heteroatoms. The van der Waals surface area contributed by atoms with Gasteiger partial charge in [0.1, 0.15) is 5.69 Å². The standard InChI is InChI=1S/C12H17N3O2S/c1-8-12(14-9(2)18-8)11-6-10(15-17-11)7-13-4-5-16-3/h6,13H,4-5,7H2,1-3H3. The average molecular weight is 267 g/mol. The number of aromatic nitrogens is 2. The maximum absolute atomic E-state index is 5.32. The SMILES string of the molecule is COCCNCc1cc(-c2nc(C)sc2C)on1. The van der Waals surface area contributed by atoms with Crippen LogP contribution in [-0.4, -0.2) is 30.4 Å². The van der Waals surface area contributed by atoms with E-state index in [-0.39, 0.29) is 0 Å². The maximum Gasteiger partial charge on any atom is 0.186 e. The maximum atomic E-state index is 5.32. The fourth-order valence-corrected chi connectivity index (χ4v) is 2.48. The van der Waals surface area contributed by atoms with Crippen molar-refractivity contribution in [2.45, 2.75) is 20.4 Å². The van der Waals surface area contributed by atoms with Crippen molar-refractivity contribution >= 4 is 11.3 Å². The number of hydrogen-bond donors (Lipinski definition) is 1. The lowest BCUT2D eigenvalue weighted by molar-refractivity contribution is 0.199. The molecule has 2 rings (SSSR count). The number of hydrogen-bond acceptors (Lipinski definition) is 6. The molecule has 0 amide bonds. The second kappa shape index (κ2) is 6.08. The Hall–Kier alpha value is -1.24. The van der Waals surface area contributed by atoms with Gasteiger partial charge in [-0.1, -0.05) is 5.16 Å². The van der Waals surface area contributed by atoms with Crippen LogP contribution in [0.25, 0.3) is 11.5 Å². The van der Waals surface area contributed by atoms with Gasteiger partial charge >= 0.3 is 0 Å². The molecule has 0 aliphatic heterocycles. The summed E-state index contributed by atoms with van der Waals surface area (Å²) in [5.41, 5.74) is 1.78. The first-order valence-corrected chi connectivity index (χ1v) is 6.62.